The van der Waals surface area contributed by atoms with Crippen molar-refractivity contribution in [1.82, 2.24) is 0 Å². The summed E-state index contributed by atoms with van der Waals surface area (Å²) >= 11 is 0. The number of amides is 2. The van der Waals surface area contributed by atoms with Gasteiger partial charge >= 0.3 is 0 Å². The third kappa shape index (κ3) is 5.56. The Bertz CT molecular complexity index is 1280. The van der Waals surface area contributed by atoms with Crippen molar-refractivity contribution in [2.75, 3.05) is 10.6 Å². The third-order valence-corrected chi connectivity index (χ3v) is 6.16. The van der Waals surface area contributed by atoms with E-state index in [9.17, 15) is 26.4 Å². The second-order valence-electron chi connectivity index (χ2n) is 6.59. The Morgan fingerprint density at radius 2 is 0.875 bits per heavy atom. The average Bonchev–Trinajstić information content (AvgIpc) is 2.73. The summed E-state index contributed by atoms with van der Waals surface area (Å²) in [5.74, 6) is -1.19. The zero-order valence-electron chi connectivity index (χ0n) is 16.3. The number of anilines is 2. The van der Waals surface area contributed by atoms with E-state index in [1.165, 1.54) is 60.7 Å². The summed E-state index contributed by atoms with van der Waals surface area (Å²) in [5.41, 5.74) is 0.746. The van der Waals surface area contributed by atoms with E-state index in [1.807, 2.05) is 0 Å². The highest BCUT2D eigenvalue weighted by Crippen LogP contribution is 2.18. The van der Waals surface area contributed by atoms with Gasteiger partial charge in [-0.25, -0.2) is 27.1 Å². The molecule has 0 bridgehead atoms. The molecule has 0 aromatic heterocycles. The van der Waals surface area contributed by atoms with Crippen molar-refractivity contribution in [1.29, 1.82) is 0 Å². The predicted octanol–water partition coefficient (Wildman–Crippen LogP) is 1.49. The van der Waals surface area contributed by atoms with Crippen LogP contribution in [0.3, 0.4) is 0 Å². The van der Waals surface area contributed by atoms with Crippen LogP contribution in [0, 0.1) is 0 Å². The molecule has 3 rings (SSSR count). The number of nitrogens with one attached hydrogen (secondary N) is 2. The molecule has 166 valence electrons. The number of primary sulfonamides is 2. The van der Waals surface area contributed by atoms with E-state index in [0.29, 0.717) is 11.4 Å². The van der Waals surface area contributed by atoms with Crippen LogP contribution in [0.1, 0.15) is 20.7 Å². The summed E-state index contributed by atoms with van der Waals surface area (Å²) in [6.07, 6.45) is 0. The molecule has 2 amide bonds. The van der Waals surface area contributed by atoms with Crippen molar-refractivity contribution in [3.8, 4) is 0 Å². The molecule has 0 unspecified atom stereocenters. The molecule has 6 N–H and O–H groups in total. The molecule has 0 heterocycles. The lowest BCUT2D eigenvalue weighted by atomic mass is 10.1. The number of sulfonamides is 2. The van der Waals surface area contributed by atoms with Gasteiger partial charge in [-0.15, -0.1) is 0 Å². The Balaban J connectivity index is 1.79. The number of carbonyl (C=O) groups is 2. The fourth-order valence-corrected chi connectivity index (χ4v) is 3.76. The van der Waals surface area contributed by atoms with E-state index in [-0.39, 0.29) is 20.9 Å². The van der Waals surface area contributed by atoms with E-state index >= 15 is 0 Å². The van der Waals surface area contributed by atoms with Gasteiger partial charge in [0.15, 0.2) is 0 Å². The lowest BCUT2D eigenvalue weighted by molar-refractivity contribution is 0.0990. The molecule has 0 fully saturated rings. The molecular weight excluding hydrogens is 456 g/mol. The Labute approximate surface area is 184 Å². The van der Waals surface area contributed by atoms with Crippen LogP contribution in [0.4, 0.5) is 11.4 Å². The molecule has 0 atom stereocenters. The van der Waals surface area contributed by atoms with Crippen LogP contribution in [0.2, 0.25) is 0 Å². The monoisotopic (exact) mass is 474 g/mol. The van der Waals surface area contributed by atoms with Crippen LogP contribution in [0.5, 0.6) is 0 Å². The minimum absolute atomic E-state index is 0.0710. The molecular formula is C20H18N4O6S2. The van der Waals surface area contributed by atoms with Crippen molar-refractivity contribution in [2.45, 2.75) is 9.79 Å². The van der Waals surface area contributed by atoms with Gasteiger partial charge < -0.3 is 10.6 Å². The lowest BCUT2D eigenvalue weighted by Crippen LogP contribution is -2.20. The van der Waals surface area contributed by atoms with Gasteiger partial charge in [-0.3, -0.25) is 9.59 Å². The molecule has 0 saturated carbocycles. The van der Waals surface area contributed by atoms with Crippen molar-refractivity contribution in [3.05, 3.63) is 83.9 Å². The van der Waals surface area contributed by atoms with Crippen LogP contribution in [0.25, 0.3) is 0 Å². The maximum Gasteiger partial charge on any atom is 0.256 e. The summed E-state index contributed by atoms with van der Waals surface area (Å²) in [7, 11) is -7.73. The summed E-state index contributed by atoms with van der Waals surface area (Å²) in [6.45, 7) is 0. The molecule has 3 aromatic carbocycles. The normalized spacial score (nSPS) is 11.6. The van der Waals surface area contributed by atoms with Gasteiger partial charge in [-0.2, -0.15) is 0 Å². The molecule has 0 radical (unpaired) electrons. The smallest absolute Gasteiger partial charge is 0.256 e. The second kappa shape index (κ2) is 8.88. The number of hydrogen-bond acceptors (Lipinski definition) is 6. The van der Waals surface area contributed by atoms with Gasteiger partial charge in [-0.05, 0) is 60.7 Å². The van der Waals surface area contributed by atoms with Crippen LogP contribution in [-0.4, -0.2) is 28.6 Å². The number of carbonyl (C=O) groups excluding carboxylic acids is 2. The van der Waals surface area contributed by atoms with Crippen molar-refractivity contribution >= 4 is 43.2 Å². The first kappa shape index (κ1) is 23.1. The molecule has 0 aliphatic rings. The highest BCUT2D eigenvalue weighted by atomic mass is 32.2. The summed E-state index contributed by atoms with van der Waals surface area (Å²) in [5, 5.41) is 15.3. The van der Waals surface area contributed by atoms with E-state index in [1.54, 1.807) is 12.1 Å². The zero-order valence-corrected chi connectivity index (χ0v) is 18.0. The van der Waals surface area contributed by atoms with Gasteiger partial charge in [0.1, 0.15) is 0 Å². The summed E-state index contributed by atoms with van der Waals surface area (Å²) in [6, 6.07) is 16.5. The minimum atomic E-state index is -3.86. The molecule has 3 aromatic rings. The van der Waals surface area contributed by atoms with Gasteiger partial charge in [0.25, 0.3) is 11.8 Å². The molecule has 0 aliphatic carbocycles. The van der Waals surface area contributed by atoms with Crippen LogP contribution in [-0.2, 0) is 20.0 Å². The topological polar surface area (TPSA) is 179 Å². The van der Waals surface area contributed by atoms with Gasteiger partial charge in [0.05, 0.1) is 20.9 Å². The first-order chi connectivity index (χ1) is 14.9. The molecule has 10 nitrogen and oxygen atoms in total. The number of hydrogen-bond donors (Lipinski definition) is 4. The molecule has 0 spiro atoms. The average molecular weight is 475 g/mol. The summed E-state index contributed by atoms with van der Waals surface area (Å²) < 4.78 is 45.3. The predicted molar refractivity (Wildman–Crippen MR) is 118 cm³/mol. The van der Waals surface area contributed by atoms with Gasteiger partial charge in [0, 0.05) is 11.4 Å². The molecule has 0 aliphatic heterocycles. The largest absolute Gasteiger partial charge is 0.322 e. The van der Waals surface area contributed by atoms with Gasteiger partial charge in [-0.1, -0.05) is 12.1 Å². The Hall–Kier alpha value is -3.58. The fraction of sp³-hybridized carbons (Fsp3) is 0. The molecule has 32 heavy (non-hydrogen) atoms. The maximum atomic E-state index is 12.7. The zero-order chi connectivity index (χ0) is 23.5. The number of nitrogens with two attached hydrogens (primary N) is 2. The van der Waals surface area contributed by atoms with Crippen LogP contribution in [0.15, 0.2) is 82.6 Å². The lowest BCUT2D eigenvalue weighted by Gasteiger charge is -2.11. The first-order valence-electron chi connectivity index (χ1n) is 8.92. The van der Waals surface area contributed by atoms with Crippen LogP contribution < -0.4 is 20.9 Å². The fourth-order valence-electron chi connectivity index (χ4n) is 2.73. The van der Waals surface area contributed by atoms with E-state index in [4.69, 9.17) is 10.3 Å². The highest BCUT2D eigenvalue weighted by molar-refractivity contribution is 7.89. The number of rotatable bonds is 6. The first-order valence-corrected chi connectivity index (χ1v) is 12.0. The Morgan fingerprint density at radius 1 is 0.562 bits per heavy atom. The standard InChI is InChI=1S/C20H18N4O6S2/c21-31(27,28)15-9-5-13(6-10-15)23-19(25)17-3-1-2-4-18(17)20(26)24-14-7-11-16(12-8-14)32(22,29)30/h1-12H,(H,23,25)(H,24,26)(H2,21,27,28)(H2,22,29,30). The van der Waals surface area contributed by atoms with Crippen molar-refractivity contribution in [2.24, 2.45) is 10.3 Å². The van der Waals surface area contributed by atoms with E-state index in [0.717, 1.165) is 0 Å². The van der Waals surface area contributed by atoms with Crippen molar-refractivity contribution in [3.63, 3.8) is 0 Å². The van der Waals surface area contributed by atoms with E-state index < -0.39 is 31.9 Å². The van der Waals surface area contributed by atoms with Crippen LogP contribution >= 0.6 is 0 Å². The van der Waals surface area contributed by atoms with Gasteiger partial charge in [0.2, 0.25) is 20.0 Å². The van der Waals surface area contributed by atoms with Crippen molar-refractivity contribution < 1.29 is 26.4 Å². The minimum Gasteiger partial charge on any atom is -0.322 e. The quantitative estimate of drug-likeness (QED) is 0.420. The Morgan fingerprint density at radius 3 is 1.16 bits per heavy atom. The highest BCUT2D eigenvalue weighted by Gasteiger charge is 2.18. The molecule has 0 saturated heterocycles. The second-order valence-corrected chi connectivity index (χ2v) is 9.72. The summed E-state index contributed by atoms with van der Waals surface area (Å²) in [4.78, 5) is 25.2. The number of benzene rings is 3. The molecule has 12 heteroatoms. The van der Waals surface area contributed by atoms with E-state index in [2.05, 4.69) is 10.6 Å². The maximum absolute atomic E-state index is 12.7. The SMILES string of the molecule is NS(=O)(=O)c1ccc(NC(=O)c2ccccc2C(=O)Nc2ccc(S(N)(=O)=O)cc2)cc1. The Kier molecular flexibility index (Phi) is 6.41. The third-order valence-electron chi connectivity index (χ3n) is 4.30.